The molecule has 92 valence electrons. The lowest BCUT2D eigenvalue weighted by Crippen LogP contribution is -2.27. The fourth-order valence-corrected chi connectivity index (χ4v) is 2.34. The summed E-state index contributed by atoms with van der Waals surface area (Å²) in [5.41, 5.74) is 1.48. The van der Waals surface area contributed by atoms with Gasteiger partial charge in [-0.25, -0.2) is 12.8 Å². The molecular weight excluding hydrogens is 229 g/mol. The van der Waals surface area contributed by atoms with Crippen LogP contribution in [0.2, 0.25) is 0 Å². The van der Waals surface area contributed by atoms with Crippen LogP contribution in [0.1, 0.15) is 26.7 Å². The molecule has 0 radical (unpaired) electrons. The normalized spacial score (nSPS) is 17.8. The molecule has 5 heteroatoms. The maximum Gasteiger partial charge on any atom is 0.231 e. The van der Waals surface area contributed by atoms with Gasteiger partial charge in [0.15, 0.2) is 0 Å². The molecule has 0 aliphatic heterocycles. The van der Waals surface area contributed by atoms with Gasteiger partial charge in [-0.15, -0.1) is 0 Å². The van der Waals surface area contributed by atoms with Crippen molar-refractivity contribution in [1.82, 2.24) is 4.31 Å². The number of hydrogen-bond acceptors (Lipinski definition) is 2. The molecule has 0 heterocycles. The summed E-state index contributed by atoms with van der Waals surface area (Å²) in [6.45, 7) is 3.86. The van der Waals surface area contributed by atoms with E-state index in [-0.39, 0.29) is 18.2 Å². The van der Waals surface area contributed by atoms with Gasteiger partial charge in [-0.2, -0.15) is 0 Å². The first-order chi connectivity index (χ1) is 7.23. The lowest BCUT2D eigenvalue weighted by Gasteiger charge is -2.27. The molecule has 0 unspecified atom stereocenters. The van der Waals surface area contributed by atoms with E-state index in [4.69, 9.17) is 0 Å². The van der Waals surface area contributed by atoms with E-state index in [0.29, 0.717) is 12.1 Å². The maximum atomic E-state index is 13.2. The number of nitrogens with zero attached hydrogens (tertiary/aromatic N) is 1. The van der Waals surface area contributed by atoms with Crippen LogP contribution < -0.4 is 0 Å². The van der Waals surface area contributed by atoms with Crippen molar-refractivity contribution >= 4 is 10.0 Å². The number of rotatable bonds is 3. The summed E-state index contributed by atoms with van der Waals surface area (Å²) in [5.74, 6) is -0.0559. The molecule has 0 amide bonds. The zero-order valence-corrected chi connectivity index (χ0v) is 10.9. The first-order valence-corrected chi connectivity index (χ1v) is 7.11. The van der Waals surface area contributed by atoms with Gasteiger partial charge in [0.2, 0.25) is 10.0 Å². The van der Waals surface area contributed by atoms with E-state index >= 15 is 0 Å². The van der Waals surface area contributed by atoms with Crippen molar-refractivity contribution in [2.75, 3.05) is 13.3 Å². The Balaban J connectivity index is 3.22. The lowest BCUT2D eigenvalue weighted by atomic mass is 9.94. The summed E-state index contributed by atoms with van der Waals surface area (Å²) in [6.07, 6.45) is 3.35. The lowest BCUT2D eigenvalue weighted by molar-refractivity contribution is 0.488. The van der Waals surface area contributed by atoms with Gasteiger partial charge in [-0.3, -0.25) is 4.31 Å². The van der Waals surface area contributed by atoms with Crippen LogP contribution >= 0.6 is 0 Å². The summed E-state index contributed by atoms with van der Waals surface area (Å²) >= 11 is 0. The van der Waals surface area contributed by atoms with E-state index in [9.17, 15) is 12.8 Å². The summed E-state index contributed by atoms with van der Waals surface area (Å²) in [7, 11) is -1.74. The van der Waals surface area contributed by atoms with Gasteiger partial charge in [0.05, 0.1) is 6.26 Å². The Hall–Kier alpha value is -0.840. The Bertz CT molecular complexity index is 435. The summed E-state index contributed by atoms with van der Waals surface area (Å²) in [4.78, 5) is 0. The van der Waals surface area contributed by atoms with E-state index in [1.807, 2.05) is 13.8 Å². The Morgan fingerprint density at radius 3 is 2.38 bits per heavy atom. The zero-order chi connectivity index (χ0) is 12.5. The minimum atomic E-state index is -3.26. The van der Waals surface area contributed by atoms with Gasteiger partial charge in [0.1, 0.15) is 5.83 Å². The highest BCUT2D eigenvalue weighted by Crippen LogP contribution is 2.31. The highest BCUT2D eigenvalue weighted by Gasteiger charge is 2.23. The molecule has 0 aromatic rings. The SMILES string of the molecule is CC(C)C1=C(N(C)S(C)(=O)=O)CCC(F)=C1. The van der Waals surface area contributed by atoms with E-state index in [0.717, 1.165) is 11.8 Å². The second-order valence-electron chi connectivity index (χ2n) is 4.38. The van der Waals surface area contributed by atoms with Crippen molar-refractivity contribution in [3.8, 4) is 0 Å². The highest BCUT2D eigenvalue weighted by molar-refractivity contribution is 7.88. The monoisotopic (exact) mass is 247 g/mol. The van der Waals surface area contributed by atoms with Gasteiger partial charge in [0, 0.05) is 19.2 Å². The molecule has 1 aliphatic carbocycles. The van der Waals surface area contributed by atoms with Crippen molar-refractivity contribution in [3.05, 3.63) is 23.2 Å². The molecule has 0 atom stereocenters. The summed E-state index contributed by atoms with van der Waals surface area (Å²) in [6, 6.07) is 0. The second-order valence-corrected chi connectivity index (χ2v) is 6.39. The topological polar surface area (TPSA) is 37.4 Å². The fraction of sp³-hybridized carbons (Fsp3) is 0.636. The van der Waals surface area contributed by atoms with Crippen LogP contribution in [-0.2, 0) is 10.0 Å². The summed E-state index contributed by atoms with van der Waals surface area (Å²) < 4.78 is 37.4. The predicted octanol–water partition coefficient (Wildman–Crippen LogP) is 2.44. The van der Waals surface area contributed by atoms with Gasteiger partial charge in [-0.1, -0.05) is 13.8 Å². The molecule has 0 N–H and O–H groups in total. The van der Waals surface area contributed by atoms with Crippen molar-refractivity contribution in [2.45, 2.75) is 26.7 Å². The number of halogens is 1. The largest absolute Gasteiger partial charge is 0.277 e. The Labute approximate surface area is 96.7 Å². The minimum Gasteiger partial charge on any atom is -0.277 e. The van der Waals surface area contributed by atoms with Gasteiger partial charge in [-0.05, 0) is 24.0 Å². The van der Waals surface area contributed by atoms with Crippen molar-refractivity contribution in [2.24, 2.45) is 5.92 Å². The quantitative estimate of drug-likeness (QED) is 0.768. The van der Waals surface area contributed by atoms with Crippen LogP contribution in [-0.4, -0.2) is 26.0 Å². The highest BCUT2D eigenvalue weighted by atomic mass is 32.2. The molecule has 0 aromatic heterocycles. The third-order valence-corrected chi connectivity index (χ3v) is 3.96. The third kappa shape index (κ3) is 2.84. The van der Waals surface area contributed by atoms with Crippen LogP contribution in [0, 0.1) is 5.92 Å². The average Bonchev–Trinajstić information content (AvgIpc) is 2.15. The predicted molar refractivity (Wildman–Crippen MR) is 62.9 cm³/mol. The first kappa shape index (κ1) is 13.2. The molecule has 0 fully saturated rings. The van der Waals surface area contributed by atoms with Gasteiger partial charge in [0.25, 0.3) is 0 Å². The number of sulfonamides is 1. The third-order valence-electron chi connectivity index (χ3n) is 2.75. The average molecular weight is 247 g/mol. The van der Waals surface area contributed by atoms with Crippen molar-refractivity contribution in [1.29, 1.82) is 0 Å². The number of allylic oxidation sites excluding steroid dienone is 4. The van der Waals surface area contributed by atoms with Crippen LogP contribution in [0.25, 0.3) is 0 Å². The van der Waals surface area contributed by atoms with E-state index < -0.39 is 10.0 Å². The van der Waals surface area contributed by atoms with Crippen LogP contribution in [0.3, 0.4) is 0 Å². The molecule has 1 aliphatic rings. The van der Waals surface area contributed by atoms with Gasteiger partial charge >= 0.3 is 0 Å². The standard InChI is InChI=1S/C11H18FNO2S/c1-8(2)10-7-9(12)5-6-11(10)13(3)16(4,14)15/h7-8H,5-6H2,1-4H3. The van der Waals surface area contributed by atoms with Crippen LogP contribution in [0.15, 0.2) is 23.2 Å². The van der Waals surface area contributed by atoms with Gasteiger partial charge < -0.3 is 0 Å². The summed E-state index contributed by atoms with van der Waals surface area (Å²) in [5, 5.41) is 0. The van der Waals surface area contributed by atoms with E-state index in [1.165, 1.54) is 17.4 Å². The first-order valence-electron chi connectivity index (χ1n) is 5.26. The molecule has 0 saturated heterocycles. The molecule has 0 saturated carbocycles. The fourth-order valence-electron chi connectivity index (χ4n) is 1.75. The Morgan fingerprint density at radius 1 is 1.38 bits per heavy atom. The smallest absolute Gasteiger partial charge is 0.231 e. The van der Waals surface area contributed by atoms with E-state index in [1.54, 1.807) is 0 Å². The minimum absolute atomic E-state index is 0.116. The molecule has 0 bridgehead atoms. The maximum absolute atomic E-state index is 13.2. The van der Waals surface area contributed by atoms with Crippen LogP contribution in [0.4, 0.5) is 4.39 Å². The molecule has 0 aromatic carbocycles. The zero-order valence-electron chi connectivity index (χ0n) is 10.1. The Kier molecular flexibility index (Phi) is 3.78. The van der Waals surface area contributed by atoms with Crippen molar-refractivity contribution < 1.29 is 12.8 Å². The number of hydrogen-bond donors (Lipinski definition) is 0. The van der Waals surface area contributed by atoms with Crippen molar-refractivity contribution in [3.63, 3.8) is 0 Å². The second kappa shape index (κ2) is 4.57. The molecular formula is C11H18FNO2S. The molecule has 0 spiro atoms. The molecule has 3 nitrogen and oxygen atoms in total. The molecule has 16 heavy (non-hydrogen) atoms. The molecule has 1 rings (SSSR count). The van der Waals surface area contributed by atoms with E-state index in [2.05, 4.69) is 0 Å². The Morgan fingerprint density at radius 2 is 1.94 bits per heavy atom. The van der Waals surface area contributed by atoms with Crippen LogP contribution in [0.5, 0.6) is 0 Å².